The minimum Gasteiger partial charge on any atom is -0.384 e. The van der Waals surface area contributed by atoms with E-state index in [2.05, 4.69) is 12.1 Å². The van der Waals surface area contributed by atoms with E-state index in [9.17, 15) is 15.6 Å². The Balaban J connectivity index is 1.94. The molecule has 1 saturated heterocycles. The second kappa shape index (κ2) is 5.44. The molecule has 0 aromatic carbocycles. The van der Waals surface area contributed by atoms with Crippen LogP contribution in [0.1, 0.15) is 57.8 Å². The first kappa shape index (κ1) is 15.9. The average molecular weight is 342 g/mol. The summed E-state index contributed by atoms with van der Waals surface area (Å²) in [6.07, 6.45) is 8.35. The maximum absolute atomic E-state index is 11.3. The zero-order chi connectivity index (χ0) is 16.9. The van der Waals surface area contributed by atoms with Crippen molar-refractivity contribution >= 4 is 11.8 Å². The van der Waals surface area contributed by atoms with E-state index < -0.39 is 11.1 Å². The van der Waals surface area contributed by atoms with Gasteiger partial charge in [0, 0.05) is 5.41 Å². The lowest BCUT2D eigenvalue weighted by atomic mass is 9.64. The van der Waals surface area contributed by atoms with Crippen LogP contribution < -0.4 is 5.73 Å². The van der Waals surface area contributed by atoms with Crippen molar-refractivity contribution in [1.82, 2.24) is 4.90 Å². The van der Waals surface area contributed by atoms with Gasteiger partial charge in [0.05, 0.1) is 33.6 Å². The van der Waals surface area contributed by atoms with E-state index in [1.165, 1.54) is 0 Å². The fraction of sp³-hybridized carbons (Fsp3) is 0.667. The minimum absolute atomic E-state index is 0.0295. The molecule has 0 amide bonds. The number of hydrogen-bond acceptors (Lipinski definition) is 6. The van der Waals surface area contributed by atoms with E-state index in [1.54, 1.807) is 16.7 Å². The zero-order valence-electron chi connectivity index (χ0n) is 13.7. The van der Waals surface area contributed by atoms with Crippen molar-refractivity contribution in [3.05, 3.63) is 22.0 Å². The van der Waals surface area contributed by atoms with Crippen LogP contribution in [0.25, 0.3) is 0 Å². The molecule has 24 heavy (non-hydrogen) atoms. The number of nitrogens with zero attached hydrogens (tertiary/aromatic N) is 3. The summed E-state index contributed by atoms with van der Waals surface area (Å²) in [5, 5.41) is 32.0. The van der Waals surface area contributed by atoms with Gasteiger partial charge < -0.3 is 10.8 Å². The molecule has 0 aromatic rings. The normalized spacial score (nSPS) is 34.6. The average Bonchev–Trinajstić information content (AvgIpc) is 2.89. The Hall–Kier alpha value is -1.63. The van der Waals surface area contributed by atoms with Crippen LogP contribution in [-0.4, -0.2) is 21.0 Å². The number of nitriles is 2. The van der Waals surface area contributed by atoms with E-state index in [4.69, 9.17) is 5.73 Å². The van der Waals surface area contributed by atoms with E-state index in [0.717, 1.165) is 56.4 Å². The molecule has 2 aliphatic carbocycles. The van der Waals surface area contributed by atoms with Crippen LogP contribution >= 0.6 is 11.8 Å². The molecule has 3 fully saturated rings. The van der Waals surface area contributed by atoms with Crippen LogP contribution in [0, 0.1) is 28.1 Å². The molecule has 0 aromatic heterocycles. The summed E-state index contributed by atoms with van der Waals surface area (Å²) >= 11 is 1.60. The van der Waals surface area contributed by atoms with E-state index in [-0.39, 0.29) is 5.25 Å². The highest BCUT2D eigenvalue weighted by molar-refractivity contribution is 8.04. The fourth-order valence-electron chi connectivity index (χ4n) is 5.03. The van der Waals surface area contributed by atoms with Crippen molar-refractivity contribution in [3.8, 4) is 12.1 Å². The number of hydrogen-bond donors (Lipinski definition) is 2. The molecule has 2 heterocycles. The second-order valence-corrected chi connectivity index (χ2v) is 8.56. The van der Waals surface area contributed by atoms with Gasteiger partial charge in [-0.2, -0.15) is 10.5 Å². The SMILES string of the molecule is N#CC1=C(N)N2C(=C(C#N)C13CCCCC3)S[C@H]1CCCC[C@@]12O. The third kappa shape index (κ3) is 1.84. The molecule has 2 atom stereocenters. The molecule has 2 aliphatic heterocycles. The molecule has 0 bridgehead atoms. The topological polar surface area (TPSA) is 97.1 Å². The van der Waals surface area contributed by atoms with Crippen LogP contribution in [-0.2, 0) is 0 Å². The standard InChI is InChI=1S/C18H22N4OS/c19-10-12-15(21)22-16(24-14-6-2-5-9-18(14,22)23)13(11-20)17(12)7-3-1-4-8-17/h14,23H,1-9,21H2/t14-,18+/m0/s1. The molecule has 0 radical (unpaired) electrons. The molecule has 4 aliphatic rings. The number of nitrogens with two attached hydrogens (primary N) is 1. The van der Waals surface area contributed by atoms with E-state index in [1.807, 2.05) is 0 Å². The van der Waals surface area contributed by atoms with Gasteiger partial charge in [-0.1, -0.05) is 37.4 Å². The number of fused-ring (bicyclic) bond motifs is 3. The summed E-state index contributed by atoms with van der Waals surface area (Å²) < 4.78 is 0. The summed E-state index contributed by atoms with van der Waals surface area (Å²) in [5.74, 6) is 0.382. The lowest BCUT2D eigenvalue weighted by Gasteiger charge is -2.47. The number of rotatable bonds is 0. The van der Waals surface area contributed by atoms with Crippen molar-refractivity contribution in [2.24, 2.45) is 11.1 Å². The Morgan fingerprint density at radius 3 is 2.38 bits per heavy atom. The summed E-state index contributed by atoms with van der Waals surface area (Å²) in [5.41, 5.74) is 6.04. The van der Waals surface area contributed by atoms with Gasteiger partial charge in [-0.25, -0.2) is 0 Å². The van der Waals surface area contributed by atoms with Gasteiger partial charge in [-0.15, -0.1) is 0 Å². The first-order valence-electron chi connectivity index (χ1n) is 8.83. The molecule has 126 valence electrons. The maximum Gasteiger partial charge on any atom is 0.156 e. The Labute approximate surface area is 146 Å². The van der Waals surface area contributed by atoms with Gasteiger partial charge in [0.1, 0.15) is 5.82 Å². The molecule has 1 spiro atoms. The van der Waals surface area contributed by atoms with Gasteiger partial charge >= 0.3 is 0 Å². The molecule has 2 saturated carbocycles. The smallest absolute Gasteiger partial charge is 0.156 e. The Morgan fingerprint density at radius 1 is 1.04 bits per heavy atom. The van der Waals surface area contributed by atoms with Crippen LogP contribution in [0.2, 0.25) is 0 Å². The maximum atomic E-state index is 11.3. The van der Waals surface area contributed by atoms with E-state index >= 15 is 0 Å². The molecular weight excluding hydrogens is 320 g/mol. The number of allylic oxidation sites excluding steroid dienone is 2. The van der Waals surface area contributed by atoms with Gasteiger partial charge in [0.25, 0.3) is 0 Å². The molecule has 3 N–H and O–H groups in total. The van der Waals surface area contributed by atoms with Gasteiger partial charge in [0.15, 0.2) is 5.72 Å². The van der Waals surface area contributed by atoms with Crippen molar-refractivity contribution in [2.75, 3.05) is 0 Å². The van der Waals surface area contributed by atoms with Crippen LogP contribution in [0.5, 0.6) is 0 Å². The fourth-order valence-corrected chi connectivity index (χ4v) is 6.72. The lowest BCUT2D eigenvalue weighted by molar-refractivity contribution is -0.0841. The van der Waals surface area contributed by atoms with E-state index in [0.29, 0.717) is 23.4 Å². The van der Waals surface area contributed by atoms with Crippen LogP contribution in [0.15, 0.2) is 22.0 Å². The predicted octanol–water partition coefficient (Wildman–Crippen LogP) is 3.06. The Bertz CT molecular complexity index is 722. The highest BCUT2D eigenvalue weighted by Crippen LogP contribution is 2.61. The minimum atomic E-state index is -1.05. The van der Waals surface area contributed by atoms with Gasteiger partial charge in [-0.3, -0.25) is 4.90 Å². The Kier molecular flexibility index (Phi) is 3.60. The Morgan fingerprint density at radius 2 is 1.71 bits per heavy atom. The zero-order valence-corrected chi connectivity index (χ0v) is 14.5. The second-order valence-electron chi connectivity index (χ2n) is 7.37. The monoisotopic (exact) mass is 342 g/mol. The summed E-state index contributed by atoms with van der Waals surface area (Å²) in [6, 6.07) is 4.72. The van der Waals surface area contributed by atoms with Crippen molar-refractivity contribution in [3.63, 3.8) is 0 Å². The van der Waals surface area contributed by atoms with Gasteiger partial charge in [0.2, 0.25) is 0 Å². The first-order valence-corrected chi connectivity index (χ1v) is 9.71. The quantitative estimate of drug-likeness (QED) is 0.702. The molecule has 4 rings (SSSR count). The highest BCUT2D eigenvalue weighted by Gasteiger charge is 2.59. The highest BCUT2D eigenvalue weighted by atomic mass is 32.2. The largest absolute Gasteiger partial charge is 0.384 e. The van der Waals surface area contributed by atoms with Crippen molar-refractivity contribution in [2.45, 2.75) is 68.8 Å². The molecule has 6 heteroatoms. The van der Waals surface area contributed by atoms with Crippen molar-refractivity contribution < 1.29 is 5.11 Å². The van der Waals surface area contributed by atoms with Crippen LogP contribution in [0.4, 0.5) is 0 Å². The summed E-state index contributed by atoms with van der Waals surface area (Å²) in [4.78, 5) is 1.73. The van der Waals surface area contributed by atoms with Gasteiger partial charge in [-0.05, 0) is 32.1 Å². The molecular formula is C18H22N4OS. The first-order chi connectivity index (χ1) is 11.6. The number of thioether (sulfide) groups is 1. The number of aliphatic hydroxyl groups is 1. The summed E-state index contributed by atoms with van der Waals surface area (Å²) in [7, 11) is 0. The predicted molar refractivity (Wildman–Crippen MR) is 91.6 cm³/mol. The molecule has 0 unspecified atom stereocenters. The van der Waals surface area contributed by atoms with Crippen molar-refractivity contribution in [1.29, 1.82) is 10.5 Å². The lowest BCUT2D eigenvalue weighted by Crippen LogP contribution is -2.54. The molecule has 5 nitrogen and oxygen atoms in total. The third-order valence-corrected chi connectivity index (χ3v) is 7.73. The van der Waals surface area contributed by atoms with Crippen LogP contribution in [0.3, 0.4) is 0 Å². The third-order valence-electron chi connectivity index (χ3n) is 6.22. The summed E-state index contributed by atoms with van der Waals surface area (Å²) in [6.45, 7) is 0.